The lowest BCUT2D eigenvalue weighted by Gasteiger charge is -2.07. The molecule has 0 saturated heterocycles. The van der Waals surface area contributed by atoms with Gasteiger partial charge in [-0.2, -0.15) is 0 Å². The summed E-state index contributed by atoms with van der Waals surface area (Å²) < 4.78 is 5.56. The van der Waals surface area contributed by atoms with E-state index in [9.17, 15) is 4.79 Å². The van der Waals surface area contributed by atoms with Crippen molar-refractivity contribution in [2.75, 3.05) is 6.61 Å². The van der Waals surface area contributed by atoms with E-state index in [-0.39, 0.29) is 0 Å². The highest BCUT2D eigenvalue weighted by molar-refractivity contribution is 5.85. The van der Waals surface area contributed by atoms with E-state index in [0.717, 1.165) is 41.5 Å². The van der Waals surface area contributed by atoms with Crippen LogP contribution in [0.1, 0.15) is 18.9 Å². The second kappa shape index (κ2) is 7.29. The highest BCUT2D eigenvalue weighted by Gasteiger charge is 2.00. The fourth-order valence-corrected chi connectivity index (χ4v) is 1.95. The quantitative estimate of drug-likeness (QED) is 0.806. The van der Waals surface area contributed by atoms with E-state index >= 15 is 0 Å². The summed E-state index contributed by atoms with van der Waals surface area (Å²) >= 11 is 0. The van der Waals surface area contributed by atoms with Crippen molar-refractivity contribution >= 4 is 12.0 Å². The molecule has 2 rings (SSSR count). The molecule has 108 valence electrons. The lowest BCUT2D eigenvalue weighted by atomic mass is 10.0. The van der Waals surface area contributed by atoms with E-state index in [0.29, 0.717) is 0 Å². The van der Waals surface area contributed by atoms with Gasteiger partial charge in [-0.25, -0.2) is 4.79 Å². The van der Waals surface area contributed by atoms with Crippen molar-refractivity contribution < 1.29 is 14.6 Å². The molecular formula is C18H18O3. The third-order valence-corrected chi connectivity index (χ3v) is 2.97. The standard InChI is InChI=1S/C18H18O3/c1-2-12-21-17-9-7-15(8-10-17)16-5-3-4-14(13-16)6-11-18(19)20/h3-11,13H,2,12H2,1H3,(H,19,20)/b11-6-. The van der Waals surface area contributed by atoms with Crippen LogP contribution in [0.15, 0.2) is 54.6 Å². The molecule has 3 nitrogen and oxygen atoms in total. The molecule has 2 aromatic carbocycles. The second-order valence-corrected chi connectivity index (χ2v) is 4.67. The van der Waals surface area contributed by atoms with Gasteiger partial charge in [0.05, 0.1) is 6.61 Å². The maximum absolute atomic E-state index is 10.6. The summed E-state index contributed by atoms with van der Waals surface area (Å²) in [5.41, 5.74) is 2.98. The molecule has 2 aromatic rings. The van der Waals surface area contributed by atoms with Crippen LogP contribution in [-0.4, -0.2) is 17.7 Å². The Morgan fingerprint density at radius 1 is 1.14 bits per heavy atom. The number of benzene rings is 2. The minimum absolute atomic E-state index is 0.717. The molecule has 0 atom stereocenters. The molecule has 0 bridgehead atoms. The topological polar surface area (TPSA) is 46.5 Å². The van der Waals surface area contributed by atoms with Gasteiger partial charge in [0.15, 0.2) is 0 Å². The van der Waals surface area contributed by atoms with Crippen LogP contribution in [0.4, 0.5) is 0 Å². The van der Waals surface area contributed by atoms with Crippen LogP contribution < -0.4 is 4.74 Å². The van der Waals surface area contributed by atoms with Crippen molar-refractivity contribution in [3.63, 3.8) is 0 Å². The summed E-state index contributed by atoms with van der Waals surface area (Å²) in [7, 11) is 0. The molecule has 21 heavy (non-hydrogen) atoms. The first kappa shape index (κ1) is 14.9. The van der Waals surface area contributed by atoms with Gasteiger partial charge in [-0.05, 0) is 47.4 Å². The monoisotopic (exact) mass is 282 g/mol. The van der Waals surface area contributed by atoms with Crippen LogP contribution in [0.5, 0.6) is 5.75 Å². The van der Waals surface area contributed by atoms with Gasteiger partial charge in [0, 0.05) is 6.08 Å². The Morgan fingerprint density at radius 2 is 1.90 bits per heavy atom. The Labute approximate surface area is 124 Å². The molecule has 0 heterocycles. The molecule has 0 saturated carbocycles. The van der Waals surface area contributed by atoms with E-state index in [2.05, 4.69) is 6.92 Å². The zero-order valence-corrected chi connectivity index (χ0v) is 12.0. The van der Waals surface area contributed by atoms with Crippen LogP contribution in [0.3, 0.4) is 0 Å². The number of hydrogen-bond donors (Lipinski definition) is 1. The summed E-state index contributed by atoms with van der Waals surface area (Å²) in [5, 5.41) is 8.66. The Hall–Kier alpha value is -2.55. The maximum atomic E-state index is 10.6. The average Bonchev–Trinajstić information content (AvgIpc) is 2.52. The molecular weight excluding hydrogens is 264 g/mol. The molecule has 1 N–H and O–H groups in total. The zero-order chi connectivity index (χ0) is 15.1. The molecule has 0 radical (unpaired) electrons. The van der Waals surface area contributed by atoms with Gasteiger partial charge in [0.1, 0.15) is 5.75 Å². The molecule has 0 fully saturated rings. The lowest BCUT2D eigenvalue weighted by Crippen LogP contribution is -1.94. The predicted molar refractivity (Wildman–Crippen MR) is 84.3 cm³/mol. The van der Waals surface area contributed by atoms with E-state index in [1.54, 1.807) is 6.08 Å². The molecule has 0 aliphatic carbocycles. The van der Waals surface area contributed by atoms with Gasteiger partial charge in [-0.1, -0.05) is 37.3 Å². The van der Waals surface area contributed by atoms with Gasteiger partial charge < -0.3 is 9.84 Å². The fraction of sp³-hybridized carbons (Fsp3) is 0.167. The zero-order valence-electron chi connectivity index (χ0n) is 12.0. The summed E-state index contributed by atoms with van der Waals surface area (Å²) in [6.45, 7) is 2.79. The number of rotatable bonds is 6. The molecule has 0 aliphatic rings. The normalized spacial score (nSPS) is 10.7. The van der Waals surface area contributed by atoms with E-state index in [4.69, 9.17) is 9.84 Å². The summed E-state index contributed by atoms with van der Waals surface area (Å²) in [4.78, 5) is 10.6. The summed E-state index contributed by atoms with van der Waals surface area (Å²) in [6.07, 6.45) is 3.71. The Kier molecular flexibility index (Phi) is 5.16. The molecule has 3 heteroatoms. The van der Waals surface area contributed by atoms with Crippen molar-refractivity contribution in [2.24, 2.45) is 0 Å². The van der Waals surface area contributed by atoms with Gasteiger partial charge in [0.25, 0.3) is 0 Å². The Morgan fingerprint density at radius 3 is 2.57 bits per heavy atom. The van der Waals surface area contributed by atoms with E-state index in [1.807, 2.05) is 48.5 Å². The lowest BCUT2D eigenvalue weighted by molar-refractivity contribution is -0.131. The summed E-state index contributed by atoms with van der Waals surface area (Å²) in [5.74, 6) is -0.0830. The maximum Gasteiger partial charge on any atom is 0.328 e. The molecule has 0 spiro atoms. The molecule has 0 aromatic heterocycles. The minimum Gasteiger partial charge on any atom is -0.494 e. The SMILES string of the molecule is CCCOc1ccc(-c2cccc(/C=C\C(=O)O)c2)cc1. The van der Waals surface area contributed by atoms with Crippen molar-refractivity contribution in [3.05, 3.63) is 60.2 Å². The highest BCUT2D eigenvalue weighted by Crippen LogP contribution is 2.23. The molecule has 0 unspecified atom stereocenters. The second-order valence-electron chi connectivity index (χ2n) is 4.67. The third-order valence-electron chi connectivity index (χ3n) is 2.97. The molecule has 0 amide bonds. The number of carboxylic acid groups (broad SMARTS) is 1. The first-order valence-electron chi connectivity index (χ1n) is 6.93. The van der Waals surface area contributed by atoms with E-state index < -0.39 is 5.97 Å². The Balaban J connectivity index is 2.17. The van der Waals surface area contributed by atoms with Crippen LogP contribution in [0.25, 0.3) is 17.2 Å². The van der Waals surface area contributed by atoms with Crippen LogP contribution >= 0.6 is 0 Å². The first-order valence-corrected chi connectivity index (χ1v) is 6.93. The largest absolute Gasteiger partial charge is 0.494 e. The van der Waals surface area contributed by atoms with Gasteiger partial charge in [-0.3, -0.25) is 0 Å². The van der Waals surface area contributed by atoms with Crippen molar-refractivity contribution in [1.29, 1.82) is 0 Å². The van der Waals surface area contributed by atoms with Gasteiger partial charge in [-0.15, -0.1) is 0 Å². The van der Waals surface area contributed by atoms with Crippen LogP contribution in [-0.2, 0) is 4.79 Å². The Bertz CT molecular complexity index is 627. The average molecular weight is 282 g/mol. The van der Waals surface area contributed by atoms with Crippen molar-refractivity contribution in [2.45, 2.75) is 13.3 Å². The third kappa shape index (κ3) is 4.49. The van der Waals surface area contributed by atoms with Crippen LogP contribution in [0, 0.1) is 0 Å². The number of carboxylic acids is 1. The first-order chi connectivity index (χ1) is 10.2. The molecule has 0 aliphatic heterocycles. The number of carbonyl (C=O) groups is 1. The number of hydrogen-bond acceptors (Lipinski definition) is 2. The van der Waals surface area contributed by atoms with Crippen LogP contribution in [0.2, 0.25) is 0 Å². The van der Waals surface area contributed by atoms with Gasteiger partial charge >= 0.3 is 5.97 Å². The predicted octanol–water partition coefficient (Wildman–Crippen LogP) is 4.24. The fourth-order valence-electron chi connectivity index (χ4n) is 1.95. The van der Waals surface area contributed by atoms with Crippen molar-refractivity contribution in [1.82, 2.24) is 0 Å². The highest BCUT2D eigenvalue weighted by atomic mass is 16.5. The number of aliphatic carboxylic acids is 1. The van der Waals surface area contributed by atoms with E-state index in [1.165, 1.54) is 0 Å². The number of ether oxygens (including phenoxy) is 1. The smallest absolute Gasteiger partial charge is 0.328 e. The minimum atomic E-state index is -0.946. The van der Waals surface area contributed by atoms with Gasteiger partial charge in [0.2, 0.25) is 0 Å². The van der Waals surface area contributed by atoms with Crippen molar-refractivity contribution in [3.8, 4) is 16.9 Å². The summed E-state index contributed by atoms with van der Waals surface area (Å²) in [6, 6.07) is 15.7.